The Morgan fingerprint density at radius 3 is 2.43 bits per heavy atom. The van der Waals surface area contributed by atoms with E-state index in [-0.39, 0.29) is 9.92 Å². The van der Waals surface area contributed by atoms with Crippen LogP contribution in [0.4, 0.5) is 0 Å². The van der Waals surface area contributed by atoms with Gasteiger partial charge in [0.2, 0.25) is 10.0 Å². The summed E-state index contributed by atoms with van der Waals surface area (Å²) < 4.78 is 22.0. The highest BCUT2D eigenvalue weighted by Crippen LogP contribution is 2.24. The van der Waals surface area contributed by atoms with Crippen LogP contribution in [0.1, 0.15) is 12.5 Å². The lowest BCUT2D eigenvalue weighted by molar-refractivity contribution is 0.598. The van der Waals surface area contributed by atoms with Gasteiger partial charge in [0, 0.05) is 0 Å². The lowest BCUT2D eigenvalue weighted by Gasteiger charge is -2.04. The highest BCUT2D eigenvalue weighted by atomic mass is 35.5. The third-order valence-electron chi connectivity index (χ3n) is 1.73. The minimum absolute atomic E-state index is 0.0656. The minimum Gasteiger partial charge on any atom is -0.225 e. The highest BCUT2D eigenvalue weighted by Gasteiger charge is 2.12. The zero-order valence-corrected chi connectivity index (χ0v) is 9.19. The smallest absolute Gasteiger partial charge is 0.225 e. The number of allylic oxidation sites excluding steroid dienone is 1. The molecule has 2 N–H and O–H groups in total. The average Bonchev–Trinajstić information content (AvgIpc) is 2.01. The first-order valence-electron chi connectivity index (χ1n) is 3.80. The fraction of sp³-hybridized carbons (Fsp3) is 0.111. The lowest BCUT2D eigenvalue weighted by Crippen LogP contribution is -2.12. The number of benzene rings is 1. The Morgan fingerprint density at radius 1 is 1.50 bits per heavy atom. The van der Waals surface area contributed by atoms with Gasteiger partial charge in [0.15, 0.2) is 0 Å². The van der Waals surface area contributed by atoms with Crippen molar-refractivity contribution in [3.63, 3.8) is 0 Å². The van der Waals surface area contributed by atoms with Crippen molar-refractivity contribution in [2.45, 2.75) is 11.8 Å². The molecule has 0 aliphatic rings. The van der Waals surface area contributed by atoms with Gasteiger partial charge in [-0.15, -0.1) is 0 Å². The van der Waals surface area contributed by atoms with Crippen LogP contribution in [0.25, 0.3) is 5.57 Å². The quantitative estimate of drug-likeness (QED) is 0.847. The minimum atomic E-state index is -3.74. The van der Waals surface area contributed by atoms with E-state index in [0.717, 1.165) is 11.1 Å². The van der Waals surface area contributed by atoms with E-state index < -0.39 is 10.0 Å². The van der Waals surface area contributed by atoms with Crippen LogP contribution in [0, 0.1) is 0 Å². The summed E-state index contributed by atoms with van der Waals surface area (Å²) in [4.78, 5) is -0.0656. The van der Waals surface area contributed by atoms with Crippen LogP contribution < -0.4 is 5.14 Å². The molecule has 14 heavy (non-hydrogen) atoms. The monoisotopic (exact) mass is 231 g/mol. The van der Waals surface area contributed by atoms with Gasteiger partial charge >= 0.3 is 0 Å². The van der Waals surface area contributed by atoms with E-state index in [1.165, 1.54) is 12.1 Å². The Balaban J connectivity index is 3.35. The number of halogens is 1. The molecule has 0 saturated carbocycles. The summed E-state index contributed by atoms with van der Waals surface area (Å²) in [7, 11) is -3.74. The molecule has 0 saturated heterocycles. The van der Waals surface area contributed by atoms with E-state index in [1.807, 2.05) is 6.92 Å². The molecule has 0 spiro atoms. The van der Waals surface area contributed by atoms with E-state index in [1.54, 1.807) is 6.07 Å². The van der Waals surface area contributed by atoms with Gasteiger partial charge in [-0.3, -0.25) is 0 Å². The molecule has 0 heterocycles. The number of hydrogen-bond donors (Lipinski definition) is 1. The standard InChI is InChI=1S/C9H10ClNO2S/c1-6(2)7-3-4-9(8(10)5-7)14(11,12)13/h3-5H,1H2,2H3,(H2,11,12,13). The van der Waals surface area contributed by atoms with Gasteiger partial charge in [0.05, 0.1) is 5.02 Å². The van der Waals surface area contributed by atoms with E-state index in [9.17, 15) is 8.42 Å². The summed E-state index contributed by atoms with van der Waals surface area (Å²) in [6.07, 6.45) is 0. The summed E-state index contributed by atoms with van der Waals surface area (Å²) in [5.74, 6) is 0. The van der Waals surface area contributed by atoms with Gasteiger partial charge in [-0.1, -0.05) is 29.8 Å². The second kappa shape index (κ2) is 3.73. The van der Waals surface area contributed by atoms with Gasteiger partial charge in [-0.25, -0.2) is 13.6 Å². The molecule has 0 bridgehead atoms. The maximum Gasteiger partial charge on any atom is 0.239 e. The average molecular weight is 232 g/mol. The molecule has 1 aromatic carbocycles. The number of nitrogens with two attached hydrogens (primary N) is 1. The summed E-state index contributed by atoms with van der Waals surface area (Å²) >= 11 is 5.76. The van der Waals surface area contributed by atoms with Crippen LogP contribution in [-0.4, -0.2) is 8.42 Å². The van der Waals surface area contributed by atoms with Crippen molar-refractivity contribution in [3.05, 3.63) is 35.4 Å². The molecule has 0 atom stereocenters. The number of rotatable bonds is 2. The normalized spacial score (nSPS) is 11.4. The third-order valence-corrected chi connectivity index (χ3v) is 3.13. The Hall–Kier alpha value is -0.840. The Bertz CT molecular complexity index is 480. The molecule has 0 aliphatic heterocycles. The van der Waals surface area contributed by atoms with Gasteiger partial charge < -0.3 is 0 Å². The first-order chi connectivity index (χ1) is 6.32. The molecule has 0 aromatic heterocycles. The van der Waals surface area contributed by atoms with Gasteiger partial charge in [0.25, 0.3) is 0 Å². The molecule has 0 aliphatic carbocycles. The van der Waals surface area contributed by atoms with E-state index in [4.69, 9.17) is 16.7 Å². The fourth-order valence-corrected chi connectivity index (χ4v) is 2.09. The molecule has 76 valence electrons. The molecule has 0 radical (unpaired) electrons. The van der Waals surface area contributed by atoms with Gasteiger partial charge in [0.1, 0.15) is 4.90 Å². The van der Waals surface area contributed by atoms with Gasteiger partial charge in [-0.2, -0.15) is 0 Å². The van der Waals surface area contributed by atoms with Crippen molar-refractivity contribution >= 4 is 27.2 Å². The summed E-state index contributed by atoms with van der Waals surface area (Å²) in [6, 6.07) is 4.53. The topological polar surface area (TPSA) is 60.2 Å². The maximum atomic E-state index is 11.0. The molecule has 0 fully saturated rings. The Kier molecular flexibility index (Phi) is 2.99. The van der Waals surface area contributed by atoms with E-state index >= 15 is 0 Å². The zero-order valence-electron chi connectivity index (χ0n) is 7.62. The largest absolute Gasteiger partial charge is 0.239 e. The Labute approximate surface area is 88.2 Å². The number of sulfonamides is 1. The van der Waals surface area contributed by atoms with E-state index in [0.29, 0.717) is 0 Å². The number of primary sulfonamides is 1. The first-order valence-corrected chi connectivity index (χ1v) is 5.73. The summed E-state index contributed by atoms with van der Waals surface area (Å²) in [5.41, 5.74) is 1.61. The molecule has 0 unspecified atom stereocenters. The third kappa shape index (κ3) is 2.35. The van der Waals surface area contributed by atoms with Crippen molar-refractivity contribution in [1.82, 2.24) is 0 Å². The predicted octanol–water partition coefficient (Wildman–Crippen LogP) is 2.02. The molecular formula is C9H10ClNO2S. The molecular weight excluding hydrogens is 222 g/mol. The van der Waals surface area contributed by atoms with Gasteiger partial charge in [-0.05, 0) is 24.6 Å². The second-order valence-electron chi connectivity index (χ2n) is 2.97. The van der Waals surface area contributed by atoms with Crippen molar-refractivity contribution in [3.8, 4) is 0 Å². The van der Waals surface area contributed by atoms with Crippen molar-refractivity contribution in [2.75, 3.05) is 0 Å². The first kappa shape index (κ1) is 11.2. The summed E-state index contributed by atoms with van der Waals surface area (Å²) in [6.45, 7) is 5.53. The lowest BCUT2D eigenvalue weighted by atomic mass is 10.1. The van der Waals surface area contributed by atoms with Crippen LogP contribution in [0.15, 0.2) is 29.7 Å². The Morgan fingerprint density at radius 2 is 2.07 bits per heavy atom. The highest BCUT2D eigenvalue weighted by molar-refractivity contribution is 7.89. The molecule has 1 rings (SSSR count). The van der Waals surface area contributed by atoms with Crippen molar-refractivity contribution < 1.29 is 8.42 Å². The van der Waals surface area contributed by atoms with Crippen molar-refractivity contribution in [2.24, 2.45) is 5.14 Å². The predicted molar refractivity (Wildman–Crippen MR) is 57.5 cm³/mol. The zero-order chi connectivity index (χ0) is 10.9. The SMILES string of the molecule is C=C(C)c1ccc(S(N)(=O)=O)c(Cl)c1. The molecule has 0 amide bonds. The van der Waals surface area contributed by atoms with Crippen LogP contribution in [0.3, 0.4) is 0 Å². The molecule has 3 nitrogen and oxygen atoms in total. The van der Waals surface area contributed by atoms with Crippen molar-refractivity contribution in [1.29, 1.82) is 0 Å². The van der Waals surface area contributed by atoms with Crippen LogP contribution in [0.2, 0.25) is 5.02 Å². The second-order valence-corrected chi connectivity index (χ2v) is 4.91. The van der Waals surface area contributed by atoms with E-state index in [2.05, 4.69) is 6.58 Å². The van der Waals surface area contributed by atoms with Crippen LogP contribution in [-0.2, 0) is 10.0 Å². The molecule has 1 aromatic rings. The van der Waals surface area contributed by atoms with Crippen LogP contribution in [0.5, 0.6) is 0 Å². The molecule has 5 heteroatoms. The fourth-order valence-electron chi connectivity index (χ4n) is 0.997. The number of hydrogen-bond acceptors (Lipinski definition) is 2. The summed E-state index contributed by atoms with van der Waals surface area (Å²) in [5, 5.41) is 5.07. The van der Waals surface area contributed by atoms with Crippen LogP contribution >= 0.6 is 11.6 Å². The maximum absolute atomic E-state index is 11.0.